The Morgan fingerprint density at radius 2 is 1.88 bits per heavy atom. The summed E-state index contributed by atoms with van der Waals surface area (Å²) in [6.45, 7) is 6.62. The van der Waals surface area contributed by atoms with Crippen LogP contribution in [0.25, 0.3) is 0 Å². The minimum absolute atomic E-state index is 0.0564. The molecule has 2 aliphatic heterocycles. The van der Waals surface area contributed by atoms with E-state index in [0.29, 0.717) is 33.6 Å². The van der Waals surface area contributed by atoms with E-state index in [2.05, 4.69) is 19.2 Å². The van der Waals surface area contributed by atoms with Crippen molar-refractivity contribution in [2.75, 3.05) is 13.6 Å². The summed E-state index contributed by atoms with van der Waals surface area (Å²) in [4.78, 5) is 28.9. The Hall–Kier alpha value is -1.72. The summed E-state index contributed by atoms with van der Waals surface area (Å²) in [5, 5.41) is 3.82. The van der Waals surface area contributed by atoms with Gasteiger partial charge in [-0.05, 0) is 30.5 Å². The third-order valence-electron chi connectivity index (χ3n) is 5.12. The number of halogens is 2. The molecule has 0 radical (unpaired) electrons. The van der Waals surface area contributed by atoms with Crippen LogP contribution in [0.3, 0.4) is 0 Å². The molecular weight excluding hydrogens is 361 g/mol. The Balaban J connectivity index is 2.06. The van der Waals surface area contributed by atoms with Crippen LogP contribution in [0.4, 0.5) is 4.79 Å². The first-order valence-electron chi connectivity index (χ1n) is 8.25. The van der Waals surface area contributed by atoms with Gasteiger partial charge in [0.25, 0.3) is 5.91 Å². The highest BCUT2D eigenvalue weighted by Gasteiger charge is 2.44. The van der Waals surface area contributed by atoms with E-state index >= 15 is 0 Å². The monoisotopic (exact) mass is 381 g/mol. The second kappa shape index (κ2) is 6.54. The number of likely N-dealkylation sites (N-methyl/N-ethyl adjacent to an activating group) is 1. The largest absolute Gasteiger partial charge is 0.330 e. The molecule has 2 atom stereocenters. The van der Waals surface area contributed by atoms with Crippen LogP contribution < -0.4 is 5.32 Å². The molecule has 3 amide bonds. The second-order valence-electron chi connectivity index (χ2n) is 6.89. The molecule has 5 nitrogen and oxygen atoms in total. The molecule has 134 valence electrons. The zero-order chi connectivity index (χ0) is 18.5. The van der Waals surface area contributed by atoms with Gasteiger partial charge in [0, 0.05) is 23.1 Å². The Bertz CT molecular complexity index is 776. The Morgan fingerprint density at radius 1 is 1.20 bits per heavy atom. The van der Waals surface area contributed by atoms with Gasteiger partial charge in [-0.3, -0.25) is 9.69 Å². The van der Waals surface area contributed by atoms with E-state index < -0.39 is 6.04 Å². The Labute approximate surface area is 157 Å². The van der Waals surface area contributed by atoms with Gasteiger partial charge in [-0.2, -0.15) is 0 Å². The topological polar surface area (TPSA) is 52.7 Å². The second-order valence-corrected chi connectivity index (χ2v) is 7.73. The predicted molar refractivity (Wildman–Crippen MR) is 98.5 cm³/mol. The molecule has 0 aromatic heterocycles. The van der Waals surface area contributed by atoms with Crippen molar-refractivity contribution in [2.45, 2.75) is 32.9 Å². The predicted octanol–water partition coefficient (Wildman–Crippen LogP) is 3.83. The first kappa shape index (κ1) is 18.1. The molecule has 0 bridgehead atoms. The molecule has 1 aromatic carbocycles. The SMILES string of the molecule is CC(C)[C@H](C)N1CC2=C(C1=O)[C@H](c1ccc(Cl)cc1Cl)NC(=O)N2C. The molecular formula is C18H21Cl2N3O2. The van der Waals surface area contributed by atoms with Crippen LogP contribution in [0, 0.1) is 5.92 Å². The minimum atomic E-state index is -0.569. The van der Waals surface area contributed by atoms with Crippen LogP contribution in [-0.4, -0.2) is 41.4 Å². The molecule has 0 unspecified atom stereocenters. The van der Waals surface area contributed by atoms with Crippen molar-refractivity contribution in [2.24, 2.45) is 5.92 Å². The van der Waals surface area contributed by atoms with Gasteiger partial charge in [0.1, 0.15) is 0 Å². The first-order valence-corrected chi connectivity index (χ1v) is 9.01. The molecule has 0 saturated carbocycles. The molecule has 1 aromatic rings. The van der Waals surface area contributed by atoms with Gasteiger partial charge in [-0.15, -0.1) is 0 Å². The van der Waals surface area contributed by atoms with E-state index in [9.17, 15) is 9.59 Å². The molecule has 0 fully saturated rings. The van der Waals surface area contributed by atoms with Crippen molar-refractivity contribution >= 4 is 35.1 Å². The van der Waals surface area contributed by atoms with E-state index in [-0.39, 0.29) is 18.0 Å². The van der Waals surface area contributed by atoms with Crippen molar-refractivity contribution < 1.29 is 9.59 Å². The maximum atomic E-state index is 13.1. The number of nitrogens with one attached hydrogen (secondary N) is 1. The number of hydrogen-bond donors (Lipinski definition) is 1. The molecule has 0 spiro atoms. The third-order valence-corrected chi connectivity index (χ3v) is 5.68. The number of hydrogen-bond acceptors (Lipinski definition) is 2. The summed E-state index contributed by atoms with van der Waals surface area (Å²) < 4.78 is 0. The minimum Gasteiger partial charge on any atom is -0.330 e. The van der Waals surface area contributed by atoms with Gasteiger partial charge in [-0.1, -0.05) is 43.1 Å². The van der Waals surface area contributed by atoms with E-state index in [1.807, 2.05) is 11.8 Å². The number of nitrogens with zero attached hydrogens (tertiary/aromatic N) is 2. The molecule has 1 N–H and O–H groups in total. The van der Waals surface area contributed by atoms with Gasteiger partial charge < -0.3 is 10.2 Å². The zero-order valence-electron chi connectivity index (χ0n) is 14.6. The highest BCUT2D eigenvalue weighted by atomic mass is 35.5. The highest BCUT2D eigenvalue weighted by Crippen LogP contribution is 2.39. The lowest BCUT2D eigenvalue weighted by Crippen LogP contribution is -2.45. The smallest absolute Gasteiger partial charge is 0.322 e. The average molecular weight is 382 g/mol. The third kappa shape index (κ3) is 3.00. The average Bonchev–Trinajstić information content (AvgIpc) is 2.88. The highest BCUT2D eigenvalue weighted by molar-refractivity contribution is 6.35. The summed E-state index contributed by atoms with van der Waals surface area (Å²) >= 11 is 12.3. The Kier molecular flexibility index (Phi) is 4.73. The standard InChI is InChI=1S/C18H21Cl2N3O2/c1-9(2)10(3)23-8-14-15(17(23)24)16(21-18(25)22(14)4)12-6-5-11(19)7-13(12)20/h5-7,9-10,16H,8H2,1-4H3,(H,21,25)/t10-,16-/m0/s1. The van der Waals surface area contributed by atoms with Crippen molar-refractivity contribution in [3.63, 3.8) is 0 Å². The normalized spacial score (nSPS) is 21.8. The van der Waals surface area contributed by atoms with Crippen LogP contribution >= 0.6 is 23.2 Å². The number of carbonyl (C=O) groups excluding carboxylic acids is 2. The van der Waals surface area contributed by atoms with Crippen LogP contribution in [0.2, 0.25) is 10.0 Å². The van der Waals surface area contributed by atoms with Gasteiger partial charge in [0.15, 0.2) is 0 Å². The molecule has 25 heavy (non-hydrogen) atoms. The molecule has 0 saturated heterocycles. The quantitative estimate of drug-likeness (QED) is 0.864. The molecule has 2 heterocycles. The molecule has 3 rings (SSSR count). The van der Waals surface area contributed by atoms with Crippen LogP contribution in [0.15, 0.2) is 29.5 Å². The van der Waals surface area contributed by atoms with Gasteiger partial charge in [-0.25, -0.2) is 4.79 Å². The van der Waals surface area contributed by atoms with E-state index in [0.717, 1.165) is 5.70 Å². The summed E-state index contributed by atoms with van der Waals surface area (Å²) in [5.74, 6) is 0.260. The molecule has 0 aliphatic carbocycles. The van der Waals surface area contributed by atoms with Gasteiger partial charge >= 0.3 is 6.03 Å². The van der Waals surface area contributed by atoms with Crippen molar-refractivity contribution in [1.29, 1.82) is 0 Å². The van der Waals surface area contributed by atoms with Crippen molar-refractivity contribution in [1.82, 2.24) is 15.1 Å². The van der Waals surface area contributed by atoms with Crippen LogP contribution in [0.1, 0.15) is 32.4 Å². The van der Waals surface area contributed by atoms with E-state index in [1.165, 1.54) is 4.90 Å². The lowest BCUT2D eigenvalue weighted by molar-refractivity contribution is -0.128. The Morgan fingerprint density at radius 3 is 2.48 bits per heavy atom. The van der Waals surface area contributed by atoms with E-state index in [4.69, 9.17) is 23.2 Å². The van der Waals surface area contributed by atoms with Gasteiger partial charge in [0.05, 0.1) is 23.9 Å². The molecule has 2 aliphatic rings. The lowest BCUT2D eigenvalue weighted by Gasteiger charge is -2.31. The summed E-state index contributed by atoms with van der Waals surface area (Å²) in [6, 6.07) is 4.34. The lowest BCUT2D eigenvalue weighted by atomic mass is 9.95. The summed E-state index contributed by atoms with van der Waals surface area (Å²) in [5.41, 5.74) is 1.99. The molecule has 7 heteroatoms. The van der Waals surface area contributed by atoms with Crippen LogP contribution in [-0.2, 0) is 4.79 Å². The van der Waals surface area contributed by atoms with Crippen molar-refractivity contribution in [3.8, 4) is 0 Å². The number of rotatable bonds is 3. The maximum Gasteiger partial charge on any atom is 0.322 e. The van der Waals surface area contributed by atoms with E-state index in [1.54, 1.807) is 25.2 Å². The number of benzene rings is 1. The van der Waals surface area contributed by atoms with Gasteiger partial charge in [0.2, 0.25) is 0 Å². The van der Waals surface area contributed by atoms with Crippen molar-refractivity contribution in [3.05, 3.63) is 45.1 Å². The maximum absolute atomic E-state index is 13.1. The summed E-state index contributed by atoms with van der Waals surface area (Å²) in [6.07, 6.45) is 0. The first-order chi connectivity index (χ1) is 11.7. The van der Waals surface area contributed by atoms with Crippen LogP contribution in [0.5, 0.6) is 0 Å². The zero-order valence-corrected chi connectivity index (χ0v) is 16.1. The fraction of sp³-hybridized carbons (Fsp3) is 0.444. The summed E-state index contributed by atoms with van der Waals surface area (Å²) in [7, 11) is 1.68. The number of urea groups is 1. The fourth-order valence-electron chi connectivity index (χ4n) is 3.25. The number of carbonyl (C=O) groups is 2. The fourth-order valence-corrected chi connectivity index (χ4v) is 3.76. The number of amides is 3.